The number of carbonyl (C=O) groups excluding carboxylic acids is 1. The molecule has 11 nitrogen and oxygen atoms in total. The molecule has 2 aromatic carbocycles. The molecule has 1 unspecified atom stereocenters. The number of aromatic nitrogens is 3. The Morgan fingerprint density at radius 2 is 1.98 bits per heavy atom. The number of halogens is 1. The van der Waals surface area contributed by atoms with Gasteiger partial charge in [-0.1, -0.05) is 30.7 Å². The summed E-state index contributed by atoms with van der Waals surface area (Å²) in [4.78, 5) is 18.3. The first-order chi connectivity index (χ1) is 20.1. The van der Waals surface area contributed by atoms with Gasteiger partial charge in [-0.2, -0.15) is 8.42 Å². The predicted molar refractivity (Wildman–Crippen MR) is 158 cm³/mol. The van der Waals surface area contributed by atoms with Gasteiger partial charge in [-0.3, -0.25) is 18.5 Å². The van der Waals surface area contributed by atoms with Gasteiger partial charge in [0.15, 0.2) is 12.1 Å². The maximum atomic E-state index is 13.2. The summed E-state index contributed by atoms with van der Waals surface area (Å²) in [6, 6.07) is 12.1. The molecule has 1 fully saturated rings. The lowest BCUT2D eigenvalue weighted by atomic mass is 9.97. The molecule has 3 heterocycles. The second kappa shape index (κ2) is 13.0. The summed E-state index contributed by atoms with van der Waals surface area (Å²) in [5, 5.41) is 12.2. The summed E-state index contributed by atoms with van der Waals surface area (Å²) in [5.41, 5.74) is 3.27. The number of aryl methyl sites for hydroxylation is 1. The lowest BCUT2D eigenvalue weighted by Crippen LogP contribution is -2.30. The number of hydrogen-bond acceptors (Lipinski definition) is 9. The van der Waals surface area contributed by atoms with Crippen molar-refractivity contribution in [3.05, 3.63) is 75.8 Å². The van der Waals surface area contributed by atoms with E-state index in [-0.39, 0.29) is 24.7 Å². The number of fused-ring (bicyclic) bond motifs is 3. The lowest BCUT2D eigenvalue weighted by Gasteiger charge is -2.22. The zero-order valence-electron chi connectivity index (χ0n) is 23.7. The summed E-state index contributed by atoms with van der Waals surface area (Å²) >= 11 is 6.19. The highest BCUT2D eigenvalue weighted by Gasteiger charge is 2.32. The number of hydrogen-bond donors (Lipinski definition) is 1. The number of aliphatic imine (C=N–C) groups is 1. The van der Waals surface area contributed by atoms with Crippen LogP contribution in [0.4, 0.5) is 0 Å². The number of benzene rings is 2. The first-order valence-corrected chi connectivity index (χ1v) is 16.1. The van der Waals surface area contributed by atoms with Crippen LogP contribution in [0.1, 0.15) is 65.4 Å². The first kappa shape index (κ1) is 30.3. The quantitative estimate of drug-likeness (QED) is 0.267. The molecule has 2 aliphatic rings. The van der Waals surface area contributed by atoms with Crippen LogP contribution in [0.5, 0.6) is 0 Å². The molecule has 2 aliphatic heterocycles. The van der Waals surface area contributed by atoms with E-state index < -0.39 is 16.2 Å². The topological polar surface area (TPSA) is 134 Å². The van der Waals surface area contributed by atoms with Gasteiger partial charge in [0.25, 0.3) is 16.0 Å². The van der Waals surface area contributed by atoms with E-state index in [1.807, 2.05) is 36.6 Å². The minimum absolute atomic E-state index is 0.0925. The summed E-state index contributed by atoms with van der Waals surface area (Å²) < 4.78 is 41.9. The van der Waals surface area contributed by atoms with E-state index in [1.165, 1.54) is 0 Å². The van der Waals surface area contributed by atoms with Crippen LogP contribution in [0.25, 0.3) is 5.69 Å². The van der Waals surface area contributed by atoms with E-state index in [0.717, 1.165) is 36.8 Å². The summed E-state index contributed by atoms with van der Waals surface area (Å²) in [6.07, 6.45) is 3.76. The van der Waals surface area contributed by atoms with Crippen molar-refractivity contribution >= 4 is 33.3 Å². The number of nitrogens with one attached hydrogen (secondary N) is 1. The van der Waals surface area contributed by atoms with Crippen molar-refractivity contribution in [3.8, 4) is 5.69 Å². The maximum Gasteiger partial charge on any atom is 0.264 e. The van der Waals surface area contributed by atoms with E-state index in [4.69, 9.17) is 30.3 Å². The minimum atomic E-state index is -3.66. The Kier molecular flexibility index (Phi) is 9.38. The number of nitrogens with zero attached hydrogens (tertiary/aromatic N) is 4. The molecule has 1 aromatic heterocycles. The molecule has 13 heteroatoms. The third-order valence-corrected chi connectivity index (χ3v) is 7.98. The van der Waals surface area contributed by atoms with E-state index in [9.17, 15) is 13.2 Å². The predicted octanol–water partition coefficient (Wildman–Crippen LogP) is 4.01. The number of ether oxygens (including phenoxy) is 2. The monoisotopic (exact) mass is 615 g/mol. The number of amides is 1. The normalized spacial score (nSPS) is 19.3. The van der Waals surface area contributed by atoms with E-state index in [2.05, 4.69) is 15.5 Å². The van der Waals surface area contributed by atoms with Crippen molar-refractivity contribution in [3.63, 3.8) is 0 Å². The Balaban J connectivity index is 1.49. The zero-order chi connectivity index (χ0) is 29.9. The van der Waals surface area contributed by atoms with Crippen LogP contribution < -0.4 is 5.32 Å². The van der Waals surface area contributed by atoms with Crippen LogP contribution in [-0.4, -0.2) is 73.7 Å². The molecule has 0 saturated carbocycles. The highest BCUT2D eigenvalue weighted by molar-refractivity contribution is 7.85. The molecule has 3 aromatic rings. The van der Waals surface area contributed by atoms with Gasteiger partial charge >= 0.3 is 0 Å². The molecule has 1 saturated heterocycles. The SMILES string of the molecule is Cc1nnc2n1-c1ccc(C(=O)NCCOC3CCCCO3)cc1C(c1ccc(Cl)cc1)=N[C@H]2[C@H](C)COS(C)(=O)=O. The summed E-state index contributed by atoms with van der Waals surface area (Å²) in [5.74, 6) is 0.536. The summed E-state index contributed by atoms with van der Waals surface area (Å²) in [6.45, 7) is 4.97. The molecule has 0 aliphatic carbocycles. The average Bonchev–Trinajstić information content (AvgIpc) is 3.28. The molecule has 224 valence electrons. The van der Waals surface area contributed by atoms with E-state index in [0.29, 0.717) is 53.3 Å². The fraction of sp³-hybridized carbons (Fsp3) is 0.448. The average molecular weight is 616 g/mol. The Morgan fingerprint density at radius 3 is 2.69 bits per heavy atom. The smallest absolute Gasteiger partial charge is 0.264 e. The Hall–Kier alpha value is -3.16. The molecule has 3 atom stereocenters. The molecular formula is C29H34ClN5O6S. The lowest BCUT2D eigenvalue weighted by molar-refractivity contribution is -0.161. The third-order valence-electron chi connectivity index (χ3n) is 7.17. The third kappa shape index (κ3) is 7.07. The van der Waals surface area contributed by atoms with Gasteiger partial charge in [0.1, 0.15) is 11.9 Å². The standard InChI is InChI=1S/C29H34ClN5O6S/c1-18(17-41-42(3,37)38)26-28-34-33-19(2)35(28)24-12-9-21(29(36)31-13-15-40-25-6-4-5-14-39-25)16-23(24)27(32-26)20-7-10-22(30)11-8-20/h7-12,16,18,25-26H,4-6,13-15,17H2,1-3H3,(H,31,36)/t18-,25?,26+/m1/s1. The maximum absolute atomic E-state index is 13.2. The second-order valence-corrected chi connectivity index (χ2v) is 12.6. The molecule has 0 bridgehead atoms. The molecule has 5 rings (SSSR count). The van der Waals surface area contributed by atoms with Crippen LogP contribution in [0, 0.1) is 12.8 Å². The zero-order valence-corrected chi connectivity index (χ0v) is 25.3. The first-order valence-electron chi connectivity index (χ1n) is 13.9. The number of carbonyl (C=O) groups is 1. The van der Waals surface area contributed by atoms with Crippen molar-refractivity contribution in [1.82, 2.24) is 20.1 Å². The highest BCUT2D eigenvalue weighted by Crippen LogP contribution is 2.35. The van der Waals surface area contributed by atoms with Crippen LogP contribution in [0.2, 0.25) is 5.02 Å². The Labute approximate surface area is 250 Å². The van der Waals surface area contributed by atoms with E-state index in [1.54, 1.807) is 24.3 Å². The van der Waals surface area contributed by atoms with Gasteiger partial charge in [0.05, 0.1) is 30.9 Å². The molecule has 1 N–H and O–H groups in total. The van der Waals surface area contributed by atoms with Gasteiger partial charge in [0.2, 0.25) is 0 Å². The van der Waals surface area contributed by atoms with Crippen LogP contribution in [0.15, 0.2) is 47.5 Å². The minimum Gasteiger partial charge on any atom is -0.353 e. The second-order valence-electron chi connectivity index (χ2n) is 10.5. The largest absolute Gasteiger partial charge is 0.353 e. The number of rotatable bonds is 10. The Bertz CT molecular complexity index is 1570. The van der Waals surface area contributed by atoms with Gasteiger partial charge in [-0.25, -0.2) is 0 Å². The van der Waals surface area contributed by atoms with Gasteiger partial charge in [-0.15, -0.1) is 10.2 Å². The molecule has 42 heavy (non-hydrogen) atoms. The van der Waals surface area contributed by atoms with Crippen molar-refractivity contribution in [2.75, 3.05) is 32.6 Å². The molecule has 0 radical (unpaired) electrons. The molecular weight excluding hydrogens is 582 g/mol. The molecule has 1 amide bonds. The van der Waals surface area contributed by atoms with Crippen molar-refractivity contribution < 1.29 is 26.9 Å². The molecule has 0 spiro atoms. The van der Waals surface area contributed by atoms with Gasteiger partial charge < -0.3 is 14.8 Å². The van der Waals surface area contributed by atoms with E-state index >= 15 is 0 Å². The van der Waals surface area contributed by atoms with Crippen molar-refractivity contribution in [1.29, 1.82) is 0 Å². The van der Waals surface area contributed by atoms with Crippen LogP contribution in [-0.2, 0) is 23.8 Å². The fourth-order valence-corrected chi connectivity index (χ4v) is 5.63. The van der Waals surface area contributed by atoms with Crippen LogP contribution >= 0.6 is 11.6 Å². The van der Waals surface area contributed by atoms with Crippen LogP contribution in [0.3, 0.4) is 0 Å². The fourth-order valence-electron chi connectivity index (χ4n) is 5.04. The van der Waals surface area contributed by atoms with Crippen molar-refractivity contribution in [2.24, 2.45) is 10.9 Å². The summed E-state index contributed by atoms with van der Waals surface area (Å²) in [7, 11) is -3.66. The van der Waals surface area contributed by atoms with Gasteiger partial charge in [-0.05, 0) is 56.5 Å². The van der Waals surface area contributed by atoms with Crippen molar-refractivity contribution in [2.45, 2.75) is 45.4 Å². The highest BCUT2D eigenvalue weighted by atomic mass is 35.5. The van der Waals surface area contributed by atoms with Gasteiger partial charge in [0, 0.05) is 40.8 Å². The Morgan fingerprint density at radius 1 is 1.19 bits per heavy atom.